The van der Waals surface area contributed by atoms with E-state index in [0.717, 1.165) is 18.0 Å². The molecule has 4 rings (SSSR count). The Labute approximate surface area is 191 Å². The number of aromatic nitrogens is 1. The van der Waals surface area contributed by atoms with Crippen LogP contribution in [0.25, 0.3) is 11.3 Å². The number of non-ortho nitro benzene ring substituents is 1. The summed E-state index contributed by atoms with van der Waals surface area (Å²) >= 11 is 5.65. The van der Waals surface area contributed by atoms with E-state index in [4.69, 9.17) is 21.4 Å². The molecule has 166 valence electrons. The number of furan rings is 1. The molecule has 0 amide bonds. The van der Waals surface area contributed by atoms with Crippen molar-refractivity contribution in [2.24, 2.45) is 5.92 Å². The van der Waals surface area contributed by atoms with Crippen LogP contribution in [0.4, 0.5) is 5.69 Å². The fraction of sp³-hybridized carbons (Fsp3) is 0.304. The molecular formula is C23H24N4O4S. The van der Waals surface area contributed by atoms with E-state index in [9.17, 15) is 10.1 Å². The van der Waals surface area contributed by atoms with Gasteiger partial charge in [0.05, 0.1) is 35.4 Å². The van der Waals surface area contributed by atoms with E-state index in [1.165, 1.54) is 19.2 Å². The van der Waals surface area contributed by atoms with Gasteiger partial charge in [0.2, 0.25) is 0 Å². The van der Waals surface area contributed by atoms with E-state index in [2.05, 4.69) is 29.0 Å². The fourth-order valence-corrected chi connectivity index (χ4v) is 4.27. The Bertz CT molecular complexity index is 1130. The third-order valence-electron chi connectivity index (χ3n) is 5.34. The van der Waals surface area contributed by atoms with Crippen LogP contribution in [0, 0.1) is 16.0 Å². The Morgan fingerprint density at radius 3 is 2.75 bits per heavy atom. The maximum absolute atomic E-state index is 11.1. The van der Waals surface area contributed by atoms with E-state index in [0.29, 0.717) is 28.1 Å². The van der Waals surface area contributed by atoms with Crippen molar-refractivity contribution in [3.05, 3.63) is 76.3 Å². The first kappa shape index (κ1) is 21.8. The van der Waals surface area contributed by atoms with Crippen LogP contribution in [-0.4, -0.2) is 33.6 Å². The molecule has 1 N–H and O–H groups in total. The molecule has 0 aliphatic carbocycles. The topological polar surface area (TPSA) is 93.7 Å². The van der Waals surface area contributed by atoms with Gasteiger partial charge in [-0.3, -0.25) is 15.1 Å². The molecule has 8 nitrogen and oxygen atoms in total. The summed E-state index contributed by atoms with van der Waals surface area (Å²) in [6, 6.07) is 13.7. The molecule has 1 aliphatic heterocycles. The molecule has 1 fully saturated rings. The highest BCUT2D eigenvalue weighted by Gasteiger charge is 2.41. The monoisotopic (exact) mass is 452 g/mol. The van der Waals surface area contributed by atoms with Crippen molar-refractivity contribution in [2.45, 2.75) is 25.9 Å². The fourth-order valence-electron chi connectivity index (χ4n) is 3.96. The van der Waals surface area contributed by atoms with Crippen molar-refractivity contribution < 1.29 is 14.1 Å². The van der Waals surface area contributed by atoms with Gasteiger partial charge in [-0.05, 0) is 48.5 Å². The predicted molar refractivity (Wildman–Crippen MR) is 124 cm³/mol. The highest BCUT2D eigenvalue weighted by atomic mass is 32.1. The Morgan fingerprint density at radius 1 is 1.28 bits per heavy atom. The van der Waals surface area contributed by atoms with Crippen molar-refractivity contribution in [3.63, 3.8) is 0 Å². The summed E-state index contributed by atoms with van der Waals surface area (Å²) in [4.78, 5) is 17.3. The summed E-state index contributed by atoms with van der Waals surface area (Å²) in [5.41, 5.74) is 1.47. The molecule has 2 atom stereocenters. The second-order valence-corrected chi connectivity index (χ2v) is 8.40. The quantitative estimate of drug-likeness (QED) is 0.308. The van der Waals surface area contributed by atoms with Gasteiger partial charge in [-0.15, -0.1) is 0 Å². The van der Waals surface area contributed by atoms with Gasteiger partial charge in [0, 0.05) is 18.8 Å². The molecule has 0 spiro atoms. The number of hydrogen-bond acceptors (Lipinski definition) is 6. The molecule has 1 saturated heterocycles. The van der Waals surface area contributed by atoms with E-state index >= 15 is 0 Å². The van der Waals surface area contributed by atoms with Gasteiger partial charge in [-0.1, -0.05) is 19.9 Å². The van der Waals surface area contributed by atoms with Gasteiger partial charge < -0.3 is 19.4 Å². The van der Waals surface area contributed by atoms with Crippen LogP contribution in [0.2, 0.25) is 0 Å². The first-order valence-electron chi connectivity index (χ1n) is 10.3. The normalized spacial score (nSPS) is 18.1. The maximum atomic E-state index is 11.1. The van der Waals surface area contributed by atoms with Gasteiger partial charge in [0.15, 0.2) is 5.11 Å². The molecule has 3 aromatic rings. The SMILES string of the molecule is COc1cc([N+](=O)[O-])ccc1-c1ccc([C@H]2[C@H](c3ccccn3)NC(=S)N2CC(C)C)o1. The van der Waals surface area contributed by atoms with E-state index in [1.54, 1.807) is 12.3 Å². The molecular weight excluding hydrogens is 428 g/mol. The summed E-state index contributed by atoms with van der Waals surface area (Å²) in [5, 5.41) is 15.2. The minimum absolute atomic E-state index is 0.0407. The number of ether oxygens (including phenoxy) is 1. The lowest BCUT2D eigenvalue weighted by Crippen LogP contribution is -2.32. The smallest absolute Gasteiger partial charge is 0.273 e. The molecule has 3 heterocycles. The third kappa shape index (κ3) is 4.16. The predicted octanol–water partition coefficient (Wildman–Crippen LogP) is 4.89. The Kier molecular flexibility index (Phi) is 6.09. The number of nitrogens with zero attached hydrogens (tertiary/aromatic N) is 3. The van der Waals surface area contributed by atoms with Crippen LogP contribution in [0.3, 0.4) is 0 Å². The molecule has 0 saturated carbocycles. The Morgan fingerprint density at radius 2 is 2.09 bits per heavy atom. The molecule has 2 aromatic heterocycles. The number of methoxy groups -OCH3 is 1. The van der Waals surface area contributed by atoms with Gasteiger partial charge in [0.1, 0.15) is 23.3 Å². The first-order valence-corrected chi connectivity index (χ1v) is 10.7. The summed E-state index contributed by atoms with van der Waals surface area (Å²) in [6.45, 7) is 5.04. The summed E-state index contributed by atoms with van der Waals surface area (Å²) in [7, 11) is 1.48. The average molecular weight is 453 g/mol. The summed E-state index contributed by atoms with van der Waals surface area (Å²) in [6.07, 6.45) is 1.76. The van der Waals surface area contributed by atoms with Crippen LogP contribution in [0.5, 0.6) is 5.75 Å². The second kappa shape index (κ2) is 8.96. The van der Waals surface area contributed by atoms with Crippen LogP contribution in [0.15, 0.2) is 59.1 Å². The molecule has 32 heavy (non-hydrogen) atoms. The zero-order valence-corrected chi connectivity index (χ0v) is 18.8. The summed E-state index contributed by atoms with van der Waals surface area (Å²) < 4.78 is 11.7. The van der Waals surface area contributed by atoms with E-state index < -0.39 is 4.92 Å². The molecule has 1 aliphatic rings. The van der Waals surface area contributed by atoms with E-state index in [1.807, 2.05) is 30.3 Å². The second-order valence-electron chi connectivity index (χ2n) is 8.02. The van der Waals surface area contributed by atoms with Crippen molar-refractivity contribution in [1.82, 2.24) is 15.2 Å². The number of nitro benzene ring substituents is 1. The largest absolute Gasteiger partial charge is 0.496 e. The van der Waals surface area contributed by atoms with Crippen LogP contribution in [-0.2, 0) is 0 Å². The van der Waals surface area contributed by atoms with Crippen LogP contribution >= 0.6 is 12.2 Å². The average Bonchev–Trinajstić information content (AvgIpc) is 3.38. The highest BCUT2D eigenvalue weighted by molar-refractivity contribution is 7.80. The van der Waals surface area contributed by atoms with Gasteiger partial charge >= 0.3 is 0 Å². The first-order chi connectivity index (χ1) is 15.4. The molecule has 0 radical (unpaired) electrons. The lowest BCUT2D eigenvalue weighted by atomic mass is 10.0. The van der Waals surface area contributed by atoms with Crippen molar-refractivity contribution >= 4 is 23.0 Å². The van der Waals surface area contributed by atoms with Gasteiger partial charge in [-0.2, -0.15) is 0 Å². The maximum Gasteiger partial charge on any atom is 0.273 e. The Balaban J connectivity index is 1.74. The van der Waals surface area contributed by atoms with Crippen molar-refractivity contribution in [1.29, 1.82) is 0 Å². The summed E-state index contributed by atoms with van der Waals surface area (Å²) in [5.74, 6) is 2.06. The molecule has 0 bridgehead atoms. The van der Waals surface area contributed by atoms with E-state index in [-0.39, 0.29) is 17.8 Å². The standard InChI is InChI=1S/C23H24N4O4S/c1-14(2)13-26-22(21(25-23(26)32)17-6-4-5-11-24-17)19-10-9-18(31-19)16-8-7-15(27(28)29)12-20(16)30-3/h4-12,14,21-22H,13H2,1-3H3,(H,25,32)/t21-,22-/m0/s1. The number of pyridine rings is 1. The molecule has 1 aromatic carbocycles. The number of hydrogen-bond donors (Lipinski definition) is 1. The van der Waals surface area contributed by atoms with Gasteiger partial charge in [0.25, 0.3) is 5.69 Å². The Hall–Kier alpha value is -3.46. The number of nitro groups is 1. The van der Waals surface area contributed by atoms with Crippen molar-refractivity contribution in [3.8, 4) is 17.1 Å². The lowest BCUT2D eigenvalue weighted by Gasteiger charge is -2.27. The zero-order valence-electron chi connectivity index (χ0n) is 18.0. The lowest BCUT2D eigenvalue weighted by molar-refractivity contribution is -0.384. The van der Waals surface area contributed by atoms with Crippen LogP contribution in [0.1, 0.15) is 37.4 Å². The minimum atomic E-state index is -0.452. The molecule has 0 unspecified atom stereocenters. The van der Waals surface area contributed by atoms with Gasteiger partial charge in [-0.25, -0.2) is 0 Å². The highest BCUT2D eigenvalue weighted by Crippen LogP contribution is 2.42. The van der Waals surface area contributed by atoms with Crippen LogP contribution < -0.4 is 10.1 Å². The third-order valence-corrected chi connectivity index (χ3v) is 5.69. The zero-order chi connectivity index (χ0) is 22.8. The number of thiocarbonyl (C=S) groups is 1. The minimum Gasteiger partial charge on any atom is -0.496 e. The number of rotatable bonds is 7. The number of nitrogens with one attached hydrogen (secondary N) is 1. The molecule has 9 heteroatoms. The number of benzene rings is 1. The van der Waals surface area contributed by atoms with Crippen molar-refractivity contribution in [2.75, 3.05) is 13.7 Å².